The summed E-state index contributed by atoms with van der Waals surface area (Å²) in [5, 5.41) is 8.21. The first-order valence-corrected chi connectivity index (χ1v) is 9.37. The van der Waals surface area contributed by atoms with Gasteiger partial charge in [0, 0.05) is 5.69 Å². The number of pyridine rings is 1. The summed E-state index contributed by atoms with van der Waals surface area (Å²) in [6.07, 6.45) is 1.54. The van der Waals surface area contributed by atoms with Crippen LogP contribution in [0.15, 0.2) is 18.3 Å². The van der Waals surface area contributed by atoms with Gasteiger partial charge in [-0.2, -0.15) is 12.1 Å². The van der Waals surface area contributed by atoms with Gasteiger partial charge in [0.15, 0.2) is 0 Å². The molecule has 1 heterocycles. The average molecular weight is 248 g/mol. The molecule has 0 fully saturated rings. The van der Waals surface area contributed by atoms with Crippen LogP contribution in [-0.2, 0) is 16.3 Å². The summed E-state index contributed by atoms with van der Waals surface area (Å²) >= 11 is 4.25. The molecule has 0 N–H and O–H groups in total. The van der Waals surface area contributed by atoms with Crippen molar-refractivity contribution in [1.29, 1.82) is 5.26 Å². The summed E-state index contributed by atoms with van der Waals surface area (Å²) in [5.74, 6) is 0. The van der Waals surface area contributed by atoms with Gasteiger partial charge in [-0.25, -0.2) is 5.26 Å². The quantitative estimate of drug-likeness (QED) is 0.516. The molecule has 0 saturated heterocycles. The van der Waals surface area contributed by atoms with Gasteiger partial charge in [-0.15, -0.1) is 6.07 Å². The molecule has 0 saturated carbocycles. The molecule has 0 aliphatic heterocycles. The molecule has 0 unspecified atom stereocenters. The molecule has 0 aliphatic carbocycles. The summed E-state index contributed by atoms with van der Waals surface area (Å²) in [6.45, 7) is 0. The normalized spacial score (nSPS) is 7.00. The number of nitrogens with zero attached hydrogens (tertiary/aromatic N) is 2. The Labute approximate surface area is 76.3 Å². The van der Waals surface area contributed by atoms with Gasteiger partial charge in [-0.1, -0.05) is 6.20 Å². The Morgan fingerprint density at radius 2 is 2.40 bits per heavy atom. The van der Waals surface area contributed by atoms with E-state index in [0.29, 0.717) is 5.69 Å². The van der Waals surface area contributed by atoms with Gasteiger partial charge in [-0.05, 0) is 0 Å². The van der Waals surface area contributed by atoms with Crippen LogP contribution in [0.5, 0.6) is 0 Å². The summed E-state index contributed by atoms with van der Waals surface area (Å²) in [6, 6.07) is 7.81. The summed E-state index contributed by atoms with van der Waals surface area (Å²) in [5.41, 5.74) is 0.410. The van der Waals surface area contributed by atoms with E-state index in [1.807, 2.05) is 6.07 Å². The molecule has 1 aromatic rings. The monoisotopic (exact) mass is 246 g/mol. The molecule has 1 aromatic heterocycles. The molecule has 0 aromatic carbocycles. The fourth-order valence-electron chi connectivity index (χ4n) is 0.386. The van der Waals surface area contributed by atoms with Crippen molar-refractivity contribution in [2.24, 2.45) is 0 Å². The summed E-state index contributed by atoms with van der Waals surface area (Å²) < 4.78 is 0. The minimum absolute atomic E-state index is 0.410. The van der Waals surface area contributed by atoms with Crippen LogP contribution in [0.1, 0.15) is 5.69 Å². The topological polar surface area (TPSA) is 36.7 Å². The van der Waals surface area contributed by atoms with Crippen LogP contribution in [0.4, 0.5) is 0 Å². The fourth-order valence-corrected chi connectivity index (χ4v) is 0.386. The zero-order valence-corrected chi connectivity index (χ0v) is 9.76. The fraction of sp³-hybridized carbons (Fsp3) is 0. The van der Waals surface area contributed by atoms with Crippen molar-refractivity contribution in [3.63, 3.8) is 0 Å². The van der Waals surface area contributed by atoms with Gasteiger partial charge in [0.25, 0.3) is 0 Å². The first-order chi connectivity index (χ1) is 4.93. The van der Waals surface area contributed by atoms with Crippen molar-refractivity contribution in [3.8, 4) is 6.07 Å². The SMILES string of the molecule is N#Cc1c[c-]ccn1.[Zn+][Br]. The Morgan fingerprint density at radius 1 is 1.70 bits per heavy atom. The second kappa shape index (κ2) is 6.86. The molecular weight excluding hydrogens is 245 g/mol. The predicted molar refractivity (Wildman–Crippen MR) is 36.7 cm³/mol. The van der Waals surface area contributed by atoms with Crippen molar-refractivity contribution in [2.75, 3.05) is 0 Å². The van der Waals surface area contributed by atoms with Crippen molar-refractivity contribution in [1.82, 2.24) is 4.98 Å². The third-order valence-corrected chi connectivity index (χ3v) is 0.719. The Kier molecular flexibility index (Phi) is 6.68. The van der Waals surface area contributed by atoms with E-state index in [-0.39, 0.29) is 0 Å². The molecule has 0 atom stereocenters. The zero-order chi connectivity index (χ0) is 7.82. The van der Waals surface area contributed by atoms with Gasteiger partial charge >= 0.3 is 30.0 Å². The van der Waals surface area contributed by atoms with Crippen LogP contribution in [0, 0.1) is 17.4 Å². The van der Waals surface area contributed by atoms with Crippen molar-refractivity contribution < 1.29 is 16.3 Å². The molecule has 2 nitrogen and oxygen atoms in total. The molecule has 0 radical (unpaired) electrons. The molecule has 4 heteroatoms. The van der Waals surface area contributed by atoms with E-state index in [1.54, 1.807) is 18.3 Å². The second-order valence-electron chi connectivity index (χ2n) is 1.25. The Morgan fingerprint density at radius 3 is 2.70 bits per heavy atom. The maximum atomic E-state index is 8.21. The van der Waals surface area contributed by atoms with Crippen LogP contribution in [0.25, 0.3) is 0 Å². The van der Waals surface area contributed by atoms with Gasteiger partial charge < -0.3 is 4.98 Å². The molecule has 46 valence electrons. The zero-order valence-electron chi connectivity index (χ0n) is 5.21. The number of aromatic nitrogens is 1. The van der Waals surface area contributed by atoms with Crippen LogP contribution < -0.4 is 0 Å². The number of halogens is 1. The third kappa shape index (κ3) is 3.71. The summed E-state index contributed by atoms with van der Waals surface area (Å²) in [4.78, 5) is 3.70. The molecule has 0 bridgehead atoms. The van der Waals surface area contributed by atoms with Crippen LogP contribution in [-0.4, -0.2) is 4.98 Å². The van der Waals surface area contributed by atoms with E-state index in [1.165, 1.54) is 16.3 Å². The van der Waals surface area contributed by atoms with E-state index in [2.05, 4.69) is 24.7 Å². The van der Waals surface area contributed by atoms with Crippen LogP contribution >= 0.6 is 13.6 Å². The van der Waals surface area contributed by atoms with Crippen molar-refractivity contribution in [3.05, 3.63) is 30.1 Å². The number of nitriles is 1. The number of hydrogen-bond acceptors (Lipinski definition) is 2. The molecule has 10 heavy (non-hydrogen) atoms. The first-order valence-electron chi connectivity index (χ1n) is 2.42. The molecule has 1 rings (SSSR count). The third-order valence-electron chi connectivity index (χ3n) is 0.719. The number of hydrogen-bond donors (Lipinski definition) is 0. The van der Waals surface area contributed by atoms with E-state index in [9.17, 15) is 0 Å². The molecule has 0 amide bonds. The van der Waals surface area contributed by atoms with Crippen molar-refractivity contribution in [2.45, 2.75) is 0 Å². The van der Waals surface area contributed by atoms with Gasteiger partial charge in [0.2, 0.25) is 0 Å². The molecule has 0 aliphatic rings. The molecule has 0 spiro atoms. The Hall–Kier alpha value is -0.257. The van der Waals surface area contributed by atoms with E-state index in [0.717, 1.165) is 0 Å². The standard InChI is InChI=1S/C6H3N2.BrH.Zn/c7-5-6-3-1-2-4-8-6;;/h2-4H;1H;/q-1;;+2/p-1. The van der Waals surface area contributed by atoms with Gasteiger partial charge in [-0.3, -0.25) is 0 Å². The van der Waals surface area contributed by atoms with E-state index >= 15 is 0 Å². The second-order valence-corrected chi connectivity index (χ2v) is 1.25. The Balaban J connectivity index is 0.000000371. The van der Waals surface area contributed by atoms with Gasteiger partial charge in [0.1, 0.15) is 0 Å². The van der Waals surface area contributed by atoms with Gasteiger partial charge in [0.05, 0.1) is 6.07 Å². The van der Waals surface area contributed by atoms with E-state index in [4.69, 9.17) is 5.26 Å². The number of rotatable bonds is 0. The predicted octanol–water partition coefficient (Wildman–Crippen LogP) is 1.60. The summed E-state index contributed by atoms with van der Waals surface area (Å²) in [7, 11) is 0. The molecular formula is C6H3BrN2Zn. The first kappa shape index (κ1) is 9.74. The Bertz CT molecular complexity index is 207. The van der Waals surface area contributed by atoms with Crippen LogP contribution in [0.2, 0.25) is 0 Å². The van der Waals surface area contributed by atoms with E-state index < -0.39 is 0 Å². The maximum absolute atomic E-state index is 8.21. The van der Waals surface area contributed by atoms with Crippen LogP contribution in [0.3, 0.4) is 0 Å². The van der Waals surface area contributed by atoms with Crippen molar-refractivity contribution >= 4 is 13.6 Å². The average Bonchev–Trinajstić information content (AvgIpc) is 2.10. The minimum atomic E-state index is 0.410.